The molecular weight excluding hydrogens is 349 g/mol. The summed E-state index contributed by atoms with van der Waals surface area (Å²) in [5.74, 6) is 0. The van der Waals surface area contributed by atoms with E-state index in [1.807, 2.05) is 18.2 Å². The first-order valence-corrected chi connectivity index (χ1v) is 7.72. The summed E-state index contributed by atoms with van der Waals surface area (Å²) < 4.78 is 11.5. The number of nitriles is 1. The fourth-order valence-electron chi connectivity index (χ4n) is 2.96. The maximum Gasteiger partial charge on any atom is 0.228 e. The molecule has 5 rings (SSSR count). The van der Waals surface area contributed by atoms with Crippen LogP contribution in [0.1, 0.15) is 5.56 Å². The van der Waals surface area contributed by atoms with Gasteiger partial charge in [0.05, 0.1) is 0 Å². The fraction of sp³-hybridized carbons (Fsp3) is 0. The maximum atomic E-state index is 9.63. The van der Waals surface area contributed by atoms with E-state index in [9.17, 15) is 5.26 Å². The van der Waals surface area contributed by atoms with Crippen LogP contribution in [-0.4, -0.2) is 9.97 Å². The molecule has 5 nitrogen and oxygen atoms in total. The third-order valence-corrected chi connectivity index (χ3v) is 4.40. The summed E-state index contributed by atoms with van der Waals surface area (Å²) in [5, 5.41) is 13.4. The van der Waals surface area contributed by atoms with Crippen molar-refractivity contribution in [1.82, 2.24) is 9.97 Å². The van der Waals surface area contributed by atoms with Crippen LogP contribution in [0.5, 0.6) is 0 Å². The summed E-state index contributed by atoms with van der Waals surface area (Å²) in [4.78, 5) is 8.33. The summed E-state index contributed by atoms with van der Waals surface area (Å²) >= 11 is 11.8. The minimum Gasteiger partial charge on any atom is -0.436 e. The monoisotopic (exact) mass is 353 g/mol. The molecule has 4 aromatic heterocycles. The average molecular weight is 354 g/mol. The van der Waals surface area contributed by atoms with Gasteiger partial charge < -0.3 is 8.83 Å². The predicted molar refractivity (Wildman–Crippen MR) is 91.3 cm³/mol. The van der Waals surface area contributed by atoms with Gasteiger partial charge in [-0.2, -0.15) is 5.26 Å². The van der Waals surface area contributed by atoms with Crippen LogP contribution >= 0.6 is 23.2 Å². The van der Waals surface area contributed by atoms with Crippen molar-refractivity contribution >= 4 is 67.3 Å². The van der Waals surface area contributed by atoms with Crippen molar-refractivity contribution in [1.29, 1.82) is 5.26 Å². The largest absolute Gasteiger partial charge is 0.436 e. The number of aromatic nitrogens is 2. The highest BCUT2D eigenvalue weighted by molar-refractivity contribution is 6.30. The van der Waals surface area contributed by atoms with Crippen LogP contribution in [0.15, 0.2) is 39.2 Å². The Labute approximate surface area is 144 Å². The first-order chi connectivity index (χ1) is 11.7. The molecule has 0 fully saturated rings. The second-order valence-corrected chi connectivity index (χ2v) is 6.07. The topological polar surface area (TPSA) is 75.8 Å². The van der Waals surface area contributed by atoms with E-state index in [1.54, 1.807) is 12.1 Å². The first kappa shape index (κ1) is 13.6. The Hall–Kier alpha value is -2.81. The molecule has 24 heavy (non-hydrogen) atoms. The molecule has 0 N–H and O–H groups in total. The van der Waals surface area contributed by atoms with Gasteiger partial charge in [0, 0.05) is 21.5 Å². The summed E-state index contributed by atoms with van der Waals surface area (Å²) in [7, 11) is 0. The van der Waals surface area contributed by atoms with Gasteiger partial charge in [0.2, 0.25) is 11.4 Å². The standard InChI is InChI=1S/C17H5Cl2N3O2/c18-12-3-1-7-9-5-10-8-2-4-13(19)22-17(8)24-15(10)11(6-20)14(9)23-16(7)21-12/h1-5H. The van der Waals surface area contributed by atoms with Crippen molar-refractivity contribution in [3.05, 3.63) is 46.2 Å². The van der Waals surface area contributed by atoms with Gasteiger partial charge in [-0.15, -0.1) is 0 Å². The molecule has 0 bridgehead atoms. The van der Waals surface area contributed by atoms with Gasteiger partial charge >= 0.3 is 0 Å². The Morgan fingerprint density at radius 2 is 1.29 bits per heavy atom. The highest BCUT2D eigenvalue weighted by atomic mass is 35.5. The molecule has 0 aliphatic rings. The van der Waals surface area contributed by atoms with Crippen molar-refractivity contribution in [2.45, 2.75) is 0 Å². The molecule has 0 amide bonds. The minimum absolute atomic E-state index is 0.297. The molecule has 7 heteroatoms. The lowest BCUT2D eigenvalue weighted by atomic mass is 10.1. The summed E-state index contributed by atoms with van der Waals surface area (Å²) in [6, 6.07) is 11.1. The van der Waals surface area contributed by atoms with Crippen molar-refractivity contribution in [2.75, 3.05) is 0 Å². The zero-order chi connectivity index (χ0) is 16.4. The number of nitrogens with zero attached hydrogens (tertiary/aromatic N) is 3. The van der Waals surface area contributed by atoms with Crippen molar-refractivity contribution < 1.29 is 8.83 Å². The summed E-state index contributed by atoms with van der Waals surface area (Å²) in [5.41, 5.74) is 1.89. The Morgan fingerprint density at radius 1 is 0.792 bits per heavy atom. The van der Waals surface area contributed by atoms with Crippen molar-refractivity contribution in [3.63, 3.8) is 0 Å². The summed E-state index contributed by atoms with van der Waals surface area (Å²) in [6.45, 7) is 0. The van der Waals surface area contributed by atoms with Gasteiger partial charge in [-0.1, -0.05) is 23.2 Å². The molecule has 0 spiro atoms. The second-order valence-electron chi connectivity index (χ2n) is 5.29. The van der Waals surface area contributed by atoms with E-state index < -0.39 is 0 Å². The van der Waals surface area contributed by atoms with Gasteiger partial charge in [-0.05, 0) is 30.3 Å². The molecule has 4 heterocycles. The van der Waals surface area contributed by atoms with E-state index in [0.717, 1.165) is 21.5 Å². The zero-order valence-electron chi connectivity index (χ0n) is 11.8. The molecule has 5 aromatic rings. The molecule has 0 saturated carbocycles. The first-order valence-electron chi connectivity index (χ1n) is 6.96. The number of hydrogen-bond acceptors (Lipinski definition) is 5. The number of benzene rings is 1. The Morgan fingerprint density at radius 3 is 1.75 bits per heavy atom. The maximum absolute atomic E-state index is 9.63. The van der Waals surface area contributed by atoms with Crippen LogP contribution in [0.2, 0.25) is 10.3 Å². The van der Waals surface area contributed by atoms with Gasteiger partial charge in [0.1, 0.15) is 21.9 Å². The van der Waals surface area contributed by atoms with Crippen molar-refractivity contribution in [2.24, 2.45) is 0 Å². The van der Waals surface area contributed by atoms with E-state index in [0.29, 0.717) is 38.5 Å². The molecule has 0 atom stereocenters. The van der Waals surface area contributed by atoms with Crippen LogP contribution in [0.25, 0.3) is 44.1 Å². The molecular formula is C17H5Cl2N3O2. The van der Waals surface area contributed by atoms with E-state index in [1.165, 1.54) is 0 Å². The lowest BCUT2D eigenvalue weighted by Gasteiger charge is -1.94. The van der Waals surface area contributed by atoms with Crippen LogP contribution in [0, 0.1) is 11.3 Å². The molecule has 0 aliphatic heterocycles. The number of hydrogen-bond donors (Lipinski definition) is 0. The zero-order valence-corrected chi connectivity index (χ0v) is 13.3. The minimum atomic E-state index is 0.297. The van der Waals surface area contributed by atoms with Crippen LogP contribution in [0.3, 0.4) is 0 Å². The SMILES string of the molecule is N#Cc1c2oc3nc(Cl)ccc3c2cc2c1oc1nc(Cl)ccc12. The highest BCUT2D eigenvalue weighted by Gasteiger charge is 2.20. The Kier molecular flexibility index (Phi) is 2.61. The summed E-state index contributed by atoms with van der Waals surface area (Å²) in [6.07, 6.45) is 0. The molecule has 0 saturated heterocycles. The van der Waals surface area contributed by atoms with Gasteiger partial charge in [-0.3, -0.25) is 0 Å². The average Bonchev–Trinajstić information content (AvgIpc) is 3.09. The van der Waals surface area contributed by atoms with Gasteiger partial charge in [0.25, 0.3) is 0 Å². The predicted octanol–water partition coefficient (Wildman–Crippen LogP) is 5.45. The van der Waals surface area contributed by atoms with Gasteiger partial charge in [-0.25, -0.2) is 9.97 Å². The fourth-order valence-corrected chi connectivity index (χ4v) is 3.24. The third-order valence-electron chi connectivity index (χ3n) is 3.97. The van der Waals surface area contributed by atoms with E-state index in [4.69, 9.17) is 32.0 Å². The van der Waals surface area contributed by atoms with Crippen LogP contribution in [-0.2, 0) is 0 Å². The van der Waals surface area contributed by atoms with E-state index >= 15 is 0 Å². The molecule has 0 radical (unpaired) electrons. The van der Waals surface area contributed by atoms with Crippen molar-refractivity contribution in [3.8, 4) is 6.07 Å². The third kappa shape index (κ3) is 1.70. The molecule has 114 valence electrons. The number of rotatable bonds is 0. The van der Waals surface area contributed by atoms with E-state index in [-0.39, 0.29) is 0 Å². The quantitative estimate of drug-likeness (QED) is 0.346. The van der Waals surface area contributed by atoms with Gasteiger partial charge in [0.15, 0.2) is 11.2 Å². The lowest BCUT2D eigenvalue weighted by Crippen LogP contribution is -1.78. The smallest absolute Gasteiger partial charge is 0.228 e. The number of pyridine rings is 2. The number of fused-ring (bicyclic) bond motifs is 6. The Balaban J connectivity index is 2.06. The normalized spacial score (nSPS) is 11.7. The van der Waals surface area contributed by atoms with E-state index in [2.05, 4.69) is 16.0 Å². The van der Waals surface area contributed by atoms with Crippen LogP contribution in [0.4, 0.5) is 0 Å². The van der Waals surface area contributed by atoms with Crippen LogP contribution < -0.4 is 0 Å². The molecule has 1 aromatic carbocycles. The number of halogens is 2. The Bertz CT molecular complexity index is 1250. The number of furan rings is 2. The molecule has 0 aliphatic carbocycles. The lowest BCUT2D eigenvalue weighted by molar-refractivity contribution is 0.640. The second kappa shape index (κ2) is 4.60. The molecule has 0 unspecified atom stereocenters. The highest BCUT2D eigenvalue weighted by Crippen LogP contribution is 2.39.